The first kappa shape index (κ1) is 15.0. The van der Waals surface area contributed by atoms with Crippen molar-refractivity contribution in [1.29, 1.82) is 0 Å². The lowest BCUT2D eigenvalue weighted by molar-refractivity contribution is 0.0802. The monoisotopic (exact) mass is 268 g/mol. The molecule has 1 unspecified atom stereocenters. The molecule has 100 valence electrons. The Morgan fingerprint density at radius 2 is 2.28 bits per heavy atom. The minimum absolute atomic E-state index is 0. The average Bonchev–Trinajstić information content (AvgIpc) is 2.91. The Hall–Kier alpha value is -1.06. The standard InChI is InChI=1S/C14H20N2O.ClH/c1-3-16(2)14(17)12-6-4-5-11(9-12)13-7-8-15-10-13;/h4-6,9,13,15H,3,7-8,10H2,1-2H3;1H. The van der Waals surface area contributed by atoms with Crippen molar-refractivity contribution < 1.29 is 4.79 Å². The molecule has 4 heteroatoms. The summed E-state index contributed by atoms with van der Waals surface area (Å²) in [4.78, 5) is 13.8. The third kappa shape index (κ3) is 3.24. The minimum Gasteiger partial charge on any atom is -0.342 e. The predicted molar refractivity (Wildman–Crippen MR) is 76.6 cm³/mol. The Kier molecular flexibility index (Phi) is 5.63. The van der Waals surface area contributed by atoms with Gasteiger partial charge in [-0.3, -0.25) is 4.79 Å². The minimum atomic E-state index is 0. The van der Waals surface area contributed by atoms with Gasteiger partial charge in [0.05, 0.1) is 0 Å². The molecule has 0 radical (unpaired) electrons. The van der Waals surface area contributed by atoms with Crippen LogP contribution in [0.5, 0.6) is 0 Å². The molecule has 1 aliphatic rings. The number of halogens is 1. The van der Waals surface area contributed by atoms with Crippen LogP contribution in [0.25, 0.3) is 0 Å². The number of hydrogen-bond donors (Lipinski definition) is 1. The maximum atomic E-state index is 12.1. The fourth-order valence-electron chi connectivity index (χ4n) is 2.23. The second-order valence-corrected chi connectivity index (χ2v) is 4.63. The first-order chi connectivity index (χ1) is 8.22. The van der Waals surface area contributed by atoms with Gasteiger partial charge in [0.15, 0.2) is 0 Å². The summed E-state index contributed by atoms with van der Waals surface area (Å²) in [6.07, 6.45) is 1.17. The van der Waals surface area contributed by atoms with E-state index in [-0.39, 0.29) is 18.3 Å². The highest BCUT2D eigenvalue weighted by Gasteiger charge is 2.18. The number of rotatable bonds is 3. The largest absolute Gasteiger partial charge is 0.342 e. The van der Waals surface area contributed by atoms with Crippen molar-refractivity contribution in [2.75, 3.05) is 26.7 Å². The molecule has 1 saturated heterocycles. The summed E-state index contributed by atoms with van der Waals surface area (Å²) < 4.78 is 0. The van der Waals surface area contributed by atoms with Gasteiger partial charge < -0.3 is 10.2 Å². The molecular weight excluding hydrogens is 248 g/mol. The summed E-state index contributed by atoms with van der Waals surface area (Å²) in [6.45, 7) is 4.84. The summed E-state index contributed by atoms with van der Waals surface area (Å²) in [7, 11) is 1.84. The van der Waals surface area contributed by atoms with E-state index in [4.69, 9.17) is 0 Å². The van der Waals surface area contributed by atoms with Crippen LogP contribution in [0.2, 0.25) is 0 Å². The van der Waals surface area contributed by atoms with Gasteiger partial charge in [-0.2, -0.15) is 0 Å². The molecule has 3 nitrogen and oxygen atoms in total. The molecule has 0 bridgehead atoms. The van der Waals surface area contributed by atoms with Crippen LogP contribution < -0.4 is 5.32 Å². The van der Waals surface area contributed by atoms with Gasteiger partial charge >= 0.3 is 0 Å². The predicted octanol–water partition coefficient (Wildman–Crippen LogP) is 2.28. The third-order valence-corrected chi connectivity index (χ3v) is 3.49. The van der Waals surface area contributed by atoms with Crippen molar-refractivity contribution in [3.8, 4) is 0 Å². The Morgan fingerprint density at radius 1 is 1.50 bits per heavy atom. The van der Waals surface area contributed by atoms with Crippen LogP contribution >= 0.6 is 12.4 Å². The molecule has 1 fully saturated rings. The van der Waals surface area contributed by atoms with E-state index in [0.29, 0.717) is 5.92 Å². The first-order valence-corrected chi connectivity index (χ1v) is 6.28. The lowest BCUT2D eigenvalue weighted by Crippen LogP contribution is -2.26. The van der Waals surface area contributed by atoms with Gasteiger partial charge in [0.1, 0.15) is 0 Å². The number of benzene rings is 1. The highest BCUT2D eigenvalue weighted by atomic mass is 35.5. The summed E-state index contributed by atoms with van der Waals surface area (Å²) in [5, 5.41) is 3.36. The van der Waals surface area contributed by atoms with E-state index < -0.39 is 0 Å². The highest BCUT2D eigenvalue weighted by molar-refractivity contribution is 5.94. The molecule has 0 aliphatic carbocycles. The van der Waals surface area contributed by atoms with Crippen molar-refractivity contribution >= 4 is 18.3 Å². The zero-order chi connectivity index (χ0) is 12.3. The summed E-state index contributed by atoms with van der Waals surface area (Å²) in [5.74, 6) is 0.676. The molecule has 1 atom stereocenters. The molecule has 1 N–H and O–H groups in total. The maximum Gasteiger partial charge on any atom is 0.253 e. The number of nitrogens with one attached hydrogen (secondary N) is 1. The first-order valence-electron chi connectivity index (χ1n) is 6.28. The molecule has 18 heavy (non-hydrogen) atoms. The Balaban J connectivity index is 0.00000162. The van der Waals surface area contributed by atoms with Gasteiger partial charge in [-0.1, -0.05) is 12.1 Å². The van der Waals surface area contributed by atoms with Gasteiger partial charge in [0.25, 0.3) is 5.91 Å². The maximum absolute atomic E-state index is 12.1. The Morgan fingerprint density at radius 3 is 2.89 bits per heavy atom. The van der Waals surface area contributed by atoms with Gasteiger partial charge in [0, 0.05) is 25.7 Å². The van der Waals surface area contributed by atoms with Gasteiger partial charge in [-0.25, -0.2) is 0 Å². The van der Waals surface area contributed by atoms with Crippen molar-refractivity contribution in [3.63, 3.8) is 0 Å². The van der Waals surface area contributed by atoms with Gasteiger partial charge in [-0.05, 0) is 43.5 Å². The quantitative estimate of drug-likeness (QED) is 0.912. The van der Waals surface area contributed by atoms with Crippen molar-refractivity contribution in [2.24, 2.45) is 0 Å². The highest BCUT2D eigenvalue weighted by Crippen LogP contribution is 2.23. The topological polar surface area (TPSA) is 32.3 Å². The van der Waals surface area contributed by atoms with Gasteiger partial charge in [0.2, 0.25) is 0 Å². The molecular formula is C14H21ClN2O. The fourth-order valence-corrected chi connectivity index (χ4v) is 2.23. The molecule has 0 aromatic heterocycles. The van der Waals surface area contributed by atoms with E-state index >= 15 is 0 Å². The van der Waals surface area contributed by atoms with Gasteiger partial charge in [-0.15, -0.1) is 12.4 Å². The molecule has 1 heterocycles. The van der Waals surface area contributed by atoms with Crippen molar-refractivity contribution in [1.82, 2.24) is 10.2 Å². The van der Waals surface area contributed by atoms with E-state index in [1.165, 1.54) is 12.0 Å². The van der Waals surface area contributed by atoms with Crippen LogP contribution in [0.15, 0.2) is 24.3 Å². The lowest BCUT2D eigenvalue weighted by atomic mass is 9.96. The smallest absolute Gasteiger partial charge is 0.253 e. The van der Waals surface area contributed by atoms with E-state index in [0.717, 1.165) is 25.2 Å². The van der Waals surface area contributed by atoms with E-state index in [2.05, 4.69) is 11.4 Å². The molecule has 2 rings (SSSR count). The van der Waals surface area contributed by atoms with E-state index in [1.807, 2.05) is 32.2 Å². The lowest BCUT2D eigenvalue weighted by Gasteiger charge is -2.16. The summed E-state index contributed by atoms with van der Waals surface area (Å²) in [6, 6.07) is 8.07. The molecule has 1 amide bonds. The zero-order valence-corrected chi connectivity index (χ0v) is 11.8. The van der Waals surface area contributed by atoms with Crippen LogP contribution in [0.4, 0.5) is 0 Å². The normalized spacial score (nSPS) is 18.2. The Bertz CT molecular complexity index is 403. The Labute approximate surface area is 115 Å². The average molecular weight is 269 g/mol. The van der Waals surface area contributed by atoms with Crippen LogP contribution in [0.3, 0.4) is 0 Å². The number of hydrogen-bond acceptors (Lipinski definition) is 2. The van der Waals surface area contributed by atoms with E-state index in [9.17, 15) is 4.79 Å². The van der Waals surface area contributed by atoms with Crippen LogP contribution in [-0.2, 0) is 0 Å². The number of carbonyl (C=O) groups excluding carboxylic acids is 1. The molecule has 1 aromatic rings. The number of amides is 1. The SMILES string of the molecule is CCN(C)C(=O)c1cccc(C2CCNC2)c1.Cl. The van der Waals surface area contributed by atoms with Crippen molar-refractivity contribution in [3.05, 3.63) is 35.4 Å². The van der Waals surface area contributed by atoms with E-state index in [1.54, 1.807) is 4.90 Å². The number of carbonyl (C=O) groups is 1. The zero-order valence-electron chi connectivity index (χ0n) is 11.0. The number of nitrogens with zero attached hydrogens (tertiary/aromatic N) is 1. The second-order valence-electron chi connectivity index (χ2n) is 4.63. The van der Waals surface area contributed by atoms with Crippen LogP contribution in [0.1, 0.15) is 35.2 Å². The molecule has 1 aromatic carbocycles. The van der Waals surface area contributed by atoms with Crippen molar-refractivity contribution in [2.45, 2.75) is 19.3 Å². The van der Waals surface area contributed by atoms with Crippen LogP contribution in [-0.4, -0.2) is 37.5 Å². The second kappa shape index (κ2) is 6.76. The third-order valence-electron chi connectivity index (χ3n) is 3.49. The molecule has 0 spiro atoms. The molecule has 0 saturated carbocycles. The summed E-state index contributed by atoms with van der Waals surface area (Å²) in [5.41, 5.74) is 2.09. The van der Waals surface area contributed by atoms with Crippen LogP contribution in [0, 0.1) is 0 Å². The fraction of sp³-hybridized carbons (Fsp3) is 0.500. The molecule has 1 aliphatic heterocycles. The summed E-state index contributed by atoms with van der Waals surface area (Å²) >= 11 is 0.